The fraction of sp³-hybridized carbons (Fsp3) is 0.118. The number of nitrogens with zero attached hydrogens (tertiary/aromatic N) is 3. The Balaban J connectivity index is 1.75. The summed E-state index contributed by atoms with van der Waals surface area (Å²) in [5.74, 6) is 2.06. The summed E-state index contributed by atoms with van der Waals surface area (Å²) in [6.07, 6.45) is 0. The van der Waals surface area contributed by atoms with Crippen LogP contribution in [-0.4, -0.2) is 34.6 Å². The SMILES string of the molecule is COc1ccc(-c2noc(-c3n[nH]c4ccccc34)n2)cc1OC. The Morgan fingerprint density at radius 3 is 2.67 bits per heavy atom. The third-order valence-corrected chi connectivity index (χ3v) is 3.74. The molecule has 0 aliphatic carbocycles. The summed E-state index contributed by atoms with van der Waals surface area (Å²) in [7, 11) is 3.17. The van der Waals surface area contributed by atoms with Crippen LogP contribution in [0.1, 0.15) is 0 Å². The van der Waals surface area contributed by atoms with Crippen LogP contribution in [0, 0.1) is 0 Å². The second-order valence-corrected chi connectivity index (χ2v) is 5.11. The van der Waals surface area contributed by atoms with E-state index in [4.69, 9.17) is 14.0 Å². The van der Waals surface area contributed by atoms with Crippen molar-refractivity contribution in [1.29, 1.82) is 0 Å². The lowest BCUT2D eigenvalue weighted by molar-refractivity contribution is 0.355. The van der Waals surface area contributed by atoms with Crippen LogP contribution in [0.15, 0.2) is 47.0 Å². The third kappa shape index (κ3) is 2.26. The molecule has 4 rings (SSSR count). The fourth-order valence-electron chi connectivity index (χ4n) is 2.54. The van der Waals surface area contributed by atoms with E-state index in [1.165, 1.54) is 0 Å². The van der Waals surface area contributed by atoms with E-state index in [1.807, 2.05) is 30.3 Å². The van der Waals surface area contributed by atoms with Gasteiger partial charge in [0, 0.05) is 10.9 Å². The Morgan fingerprint density at radius 2 is 1.83 bits per heavy atom. The van der Waals surface area contributed by atoms with Gasteiger partial charge >= 0.3 is 0 Å². The topological polar surface area (TPSA) is 86.1 Å². The van der Waals surface area contributed by atoms with E-state index in [0.29, 0.717) is 28.9 Å². The second kappa shape index (κ2) is 5.69. The highest BCUT2D eigenvalue weighted by molar-refractivity contribution is 5.90. The lowest BCUT2D eigenvalue weighted by atomic mass is 10.2. The van der Waals surface area contributed by atoms with E-state index in [2.05, 4.69) is 20.3 Å². The first-order valence-electron chi connectivity index (χ1n) is 7.29. The van der Waals surface area contributed by atoms with E-state index < -0.39 is 0 Å². The quantitative estimate of drug-likeness (QED) is 0.620. The van der Waals surface area contributed by atoms with Gasteiger partial charge in [0.2, 0.25) is 5.82 Å². The zero-order valence-corrected chi connectivity index (χ0v) is 13.1. The van der Waals surface area contributed by atoms with Gasteiger partial charge in [0.05, 0.1) is 19.7 Å². The molecule has 0 aliphatic heterocycles. The average Bonchev–Trinajstić information content (AvgIpc) is 3.27. The highest BCUT2D eigenvalue weighted by atomic mass is 16.5. The maximum absolute atomic E-state index is 5.39. The molecule has 0 atom stereocenters. The smallest absolute Gasteiger partial charge is 0.279 e. The Morgan fingerprint density at radius 1 is 1.00 bits per heavy atom. The summed E-state index contributed by atoms with van der Waals surface area (Å²) in [5, 5.41) is 12.2. The maximum atomic E-state index is 5.39. The molecule has 0 radical (unpaired) electrons. The number of aromatic amines is 1. The molecule has 7 heteroatoms. The molecule has 1 N–H and O–H groups in total. The van der Waals surface area contributed by atoms with Crippen molar-refractivity contribution in [3.8, 4) is 34.5 Å². The van der Waals surface area contributed by atoms with Crippen molar-refractivity contribution < 1.29 is 14.0 Å². The molecular formula is C17H14N4O3. The van der Waals surface area contributed by atoms with Gasteiger partial charge < -0.3 is 14.0 Å². The summed E-state index contributed by atoms with van der Waals surface area (Å²) >= 11 is 0. The monoisotopic (exact) mass is 322 g/mol. The third-order valence-electron chi connectivity index (χ3n) is 3.74. The zero-order valence-electron chi connectivity index (χ0n) is 13.1. The zero-order chi connectivity index (χ0) is 16.5. The van der Waals surface area contributed by atoms with Crippen molar-refractivity contribution in [2.24, 2.45) is 0 Å². The molecule has 0 bridgehead atoms. The molecule has 0 spiro atoms. The number of methoxy groups -OCH3 is 2. The van der Waals surface area contributed by atoms with Crippen LogP contribution in [0.25, 0.3) is 33.9 Å². The minimum Gasteiger partial charge on any atom is -0.493 e. The molecule has 0 unspecified atom stereocenters. The molecule has 2 aromatic carbocycles. The first-order chi connectivity index (χ1) is 11.8. The number of fused-ring (bicyclic) bond motifs is 1. The van der Waals surface area contributed by atoms with Crippen LogP contribution in [0.2, 0.25) is 0 Å². The van der Waals surface area contributed by atoms with Crippen LogP contribution >= 0.6 is 0 Å². The number of aromatic nitrogens is 4. The molecule has 2 heterocycles. The van der Waals surface area contributed by atoms with Crippen molar-refractivity contribution in [1.82, 2.24) is 20.3 Å². The van der Waals surface area contributed by atoms with Gasteiger partial charge in [0.25, 0.3) is 5.89 Å². The molecule has 0 saturated carbocycles. The number of hydrogen-bond donors (Lipinski definition) is 1. The summed E-state index contributed by atoms with van der Waals surface area (Å²) < 4.78 is 15.9. The van der Waals surface area contributed by atoms with Gasteiger partial charge in [-0.05, 0) is 24.3 Å². The number of ether oxygens (including phenoxy) is 2. The summed E-state index contributed by atoms with van der Waals surface area (Å²) in [6.45, 7) is 0. The number of H-pyrrole nitrogens is 1. The average molecular weight is 322 g/mol. The van der Waals surface area contributed by atoms with Crippen LogP contribution in [0.5, 0.6) is 11.5 Å². The van der Waals surface area contributed by atoms with E-state index in [0.717, 1.165) is 16.5 Å². The molecule has 24 heavy (non-hydrogen) atoms. The van der Waals surface area contributed by atoms with Gasteiger partial charge in [-0.15, -0.1) is 0 Å². The largest absolute Gasteiger partial charge is 0.493 e. The highest BCUT2D eigenvalue weighted by Gasteiger charge is 2.17. The molecule has 7 nitrogen and oxygen atoms in total. The van der Waals surface area contributed by atoms with Gasteiger partial charge in [-0.3, -0.25) is 5.10 Å². The number of hydrogen-bond acceptors (Lipinski definition) is 6. The molecule has 0 amide bonds. The minimum atomic E-state index is 0.359. The highest BCUT2D eigenvalue weighted by Crippen LogP contribution is 2.32. The van der Waals surface area contributed by atoms with Crippen molar-refractivity contribution in [3.63, 3.8) is 0 Å². The number of para-hydroxylation sites is 1. The lowest BCUT2D eigenvalue weighted by Gasteiger charge is -2.07. The number of rotatable bonds is 4. The van der Waals surface area contributed by atoms with Crippen LogP contribution in [0.3, 0.4) is 0 Å². The number of benzene rings is 2. The van der Waals surface area contributed by atoms with Gasteiger partial charge in [-0.25, -0.2) is 0 Å². The van der Waals surface area contributed by atoms with Crippen molar-refractivity contribution in [2.75, 3.05) is 14.2 Å². The van der Waals surface area contributed by atoms with Gasteiger partial charge in [-0.1, -0.05) is 23.4 Å². The predicted octanol–water partition coefficient (Wildman–Crippen LogP) is 3.30. The molecule has 0 fully saturated rings. The van der Waals surface area contributed by atoms with Gasteiger partial charge in [0.15, 0.2) is 17.2 Å². The molecular weight excluding hydrogens is 308 g/mol. The van der Waals surface area contributed by atoms with E-state index in [9.17, 15) is 0 Å². The van der Waals surface area contributed by atoms with E-state index >= 15 is 0 Å². The van der Waals surface area contributed by atoms with Crippen LogP contribution in [-0.2, 0) is 0 Å². The Hall–Kier alpha value is -3.35. The normalized spacial score (nSPS) is 10.9. The molecule has 0 aliphatic rings. The standard InChI is InChI=1S/C17H14N4O3/c1-22-13-8-7-10(9-14(13)23-2)16-18-17(24-21-16)15-11-5-3-4-6-12(11)19-20-15/h3-9H,1-2H3,(H,19,20). The van der Waals surface area contributed by atoms with Gasteiger partial charge in [-0.2, -0.15) is 10.1 Å². The van der Waals surface area contributed by atoms with Crippen molar-refractivity contribution >= 4 is 10.9 Å². The predicted molar refractivity (Wildman–Crippen MR) is 87.9 cm³/mol. The molecule has 120 valence electrons. The Bertz CT molecular complexity index is 1010. The van der Waals surface area contributed by atoms with Gasteiger partial charge in [0.1, 0.15) is 0 Å². The van der Waals surface area contributed by atoms with E-state index in [-0.39, 0.29) is 0 Å². The summed E-state index contributed by atoms with van der Waals surface area (Å²) in [5.41, 5.74) is 2.31. The fourth-order valence-corrected chi connectivity index (χ4v) is 2.54. The Labute approximate surface area is 137 Å². The Kier molecular flexibility index (Phi) is 3.38. The molecule has 2 aromatic heterocycles. The van der Waals surface area contributed by atoms with Crippen LogP contribution < -0.4 is 9.47 Å². The first-order valence-corrected chi connectivity index (χ1v) is 7.29. The summed E-state index contributed by atoms with van der Waals surface area (Å²) in [4.78, 5) is 4.45. The summed E-state index contributed by atoms with van der Waals surface area (Å²) in [6, 6.07) is 13.2. The van der Waals surface area contributed by atoms with Crippen LogP contribution in [0.4, 0.5) is 0 Å². The van der Waals surface area contributed by atoms with Crippen molar-refractivity contribution in [3.05, 3.63) is 42.5 Å². The second-order valence-electron chi connectivity index (χ2n) is 5.11. The first kappa shape index (κ1) is 14.3. The molecule has 0 saturated heterocycles. The number of nitrogens with one attached hydrogen (secondary N) is 1. The minimum absolute atomic E-state index is 0.359. The van der Waals surface area contributed by atoms with Crippen molar-refractivity contribution in [2.45, 2.75) is 0 Å². The lowest BCUT2D eigenvalue weighted by Crippen LogP contribution is -1.91. The molecule has 4 aromatic rings. The van der Waals surface area contributed by atoms with E-state index in [1.54, 1.807) is 26.4 Å². The maximum Gasteiger partial charge on any atom is 0.279 e.